The Bertz CT molecular complexity index is 486. The Hall–Kier alpha value is -1.06. The van der Waals surface area contributed by atoms with Gasteiger partial charge >= 0.3 is 0 Å². The summed E-state index contributed by atoms with van der Waals surface area (Å²) in [6, 6.07) is 7.77. The van der Waals surface area contributed by atoms with E-state index in [1.807, 2.05) is 24.3 Å². The fraction of sp³-hybridized carbons (Fsp3) is 0.611. The highest BCUT2D eigenvalue weighted by molar-refractivity contribution is 6.30. The van der Waals surface area contributed by atoms with Crippen LogP contribution in [0, 0.1) is 17.8 Å². The van der Waals surface area contributed by atoms with Crippen molar-refractivity contribution in [1.29, 1.82) is 0 Å². The van der Waals surface area contributed by atoms with Gasteiger partial charge in [0.15, 0.2) is 0 Å². The summed E-state index contributed by atoms with van der Waals surface area (Å²) in [4.78, 5) is 12.3. The van der Waals surface area contributed by atoms with Crippen molar-refractivity contribution in [2.45, 2.75) is 39.0 Å². The molecule has 1 amide bonds. The molecule has 122 valence electrons. The minimum Gasteiger partial charge on any atom is -0.396 e. The molecule has 1 aromatic carbocycles. The highest BCUT2D eigenvalue weighted by Crippen LogP contribution is 2.47. The SMILES string of the molecule is CC(C)CC(CCO)CNC(=O)C1CC1c1ccc(Cl)cc1. The van der Waals surface area contributed by atoms with Crippen LogP contribution in [0.25, 0.3) is 0 Å². The minimum absolute atomic E-state index is 0.0926. The lowest BCUT2D eigenvalue weighted by molar-refractivity contribution is -0.122. The number of aliphatic hydroxyl groups excluding tert-OH is 1. The molecule has 3 atom stereocenters. The van der Waals surface area contributed by atoms with Crippen molar-refractivity contribution < 1.29 is 9.90 Å². The predicted molar refractivity (Wildman–Crippen MR) is 90.0 cm³/mol. The van der Waals surface area contributed by atoms with E-state index in [4.69, 9.17) is 16.7 Å². The fourth-order valence-electron chi connectivity index (χ4n) is 3.09. The molecule has 3 unspecified atom stereocenters. The molecule has 1 aliphatic rings. The lowest BCUT2D eigenvalue weighted by Crippen LogP contribution is -2.31. The second-order valence-electron chi connectivity index (χ2n) is 6.75. The Morgan fingerprint density at radius 2 is 2.05 bits per heavy atom. The third-order valence-corrected chi connectivity index (χ3v) is 4.58. The first kappa shape index (κ1) is 17.3. The largest absolute Gasteiger partial charge is 0.396 e. The average molecular weight is 324 g/mol. The molecule has 1 fully saturated rings. The smallest absolute Gasteiger partial charge is 0.223 e. The molecule has 1 saturated carbocycles. The van der Waals surface area contributed by atoms with Crippen LogP contribution in [0.3, 0.4) is 0 Å². The van der Waals surface area contributed by atoms with Gasteiger partial charge in [0, 0.05) is 24.1 Å². The molecule has 0 bridgehead atoms. The van der Waals surface area contributed by atoms with Gasteiger partial charge in [-0.2, -0.15) is 0 Å². The number of hydrogen-bond donors (Lipinski definition) is 2. The van der Waals surface area contributed by atoms with Crippen molar-refractivity contribution in [3.63, 3.8) is 0 Å². The number of nitrogens with one attached hydrogen (secondary N) is 1. The zero-order valence-electron chi connectivity index (χ0n) is 13.4. The summed E-state index contributed by atoms with van der Waals surface area (Å²) in [7, 11) is 0. The Morgan fingerprint density at radius 1 is 1.36 bits per heavy atom. The number of halogens is 1. The van der Waals surface area contributed by atoms with E-state index < -0.39 is 0 Å². The summed E-state index contributed by atoms with van der Waals surface area (Å²) in [5.41, 5.74) is 1.19. The van der Waals surface area contributed by atoms with Gasteiger partial charge in [0.05, 0.1) is 0 Å². The van der Waals surface area contributed by atoms with E-state index in [-0.39, 0.29) is 18.4 Å². The maximum atomic E-state index is 12.3. The number of benzene rings is 1. The molecule has 0 radical (unpaired) electrons. The van der Waals surface area contributed by atoms with Gasteiger partial charge in [-0.3, -0.25) is 4.79 Å². The molecule has 22 heavy (non-hydrogen) atoms. The zero-order valence-corrected chi connectivity index (χ0v) is 14.1. The Morgan fingerprint density at radius 3 is 2.64 bits per heavy atom. The van der Waals surface area contributed by atoms with E-state index in [9.17, 15) is 4.79 Å². The van der Waals surface area contributed by atoms with Gasteiger partial charge in [-0.25, -0.2) is 0 Å². The van der Waals surface area contributed by atoms with Gasteiger partial charge in [-0.1, -0.05) is 37.6 Å². The molecule has 2 rings (SSSR count). The van der Waals surface area contributed by atoms with Crippen molar-refractivity contribution in [1.82, 2.24) is 5.32 Å². The van der Waals surface area contributed by atoms with Gasteiger partial charge in [-0.05, 0) is 54.7 Å². The lowest BCUT2D eigenvalue weighted by atomic mass is 9.94. The van der Waals surface area contributed by atoms with E-state index in [1.54, 1.807) is 0 Å². The number of carbonyl (C=O) groups excluding carboxylic acids is 1. The third kappa shape index (κ3) is 4.99. The first-order valence-electron chi connectivity index (χ1n) is 8.15. The molecule has 0 aromatic heterocycles. The van der Waals surface area contributed by atoms with Crippen LogP contribution >= 0.6 is 11.6 Å². The maximum absolute atomic E-state index is 12.3. The molecule has 0 spiro atoms. The standard InChI is InChI=1S/C18H26ClNO2/c1-12(2)9-13(7-8-21)11-20-18(22)17-10-16(17)14-3-5-15(19)6-4-14/h3-6,12-13,16-17,21H,7-11H2,1-2H3,(H,20,22). The van der Waals surface area contributed by atoms with Crippen LogP contribution in [0.4, 0.5) is 0 Å². The molecule has 3 nitrogen and oxygen atoms in total. The monoisotopic (exact) mass is 323 g/mol. The molecule has 0 heterocycles. The van der Waals surface area contributed by atoms with Crippen LogP contribution in [0.15, 0.2) is 24.3 Å². The third-order valence-electron chi connectivity index (χ3n) is 4.33. The average Bonchev–Trinajstić information content (AvgIpc) is 3.25. The second-order valence-corrected chi connectivity index (χ2v) is 7.19. The molecule has 0 saturated heterocycles. The topological polar surface area (TPSA) is 49.3 Å². The van der Waals surface area contributed by atoms with E-state index >= 15 is 0 Å². The van der Waals surface area contributed by atoms with Gasteiger partial charge in [0.25, 0.3) is 0 Å². The summed E-state index contributed by atoms with van der Waals surface area (Å²) in [5, 5.41) is 12.9. The molecule has 0 aliphatic heterocycles. The number of rotatable bonds is 8. The van der Waals surface area contributed by atoms with Crippen LogP contribution in [0.2, 0.25) is 5.02 Å². The highest BCUT2D eigenvalue weighted by atomic mass is 35.5. The van der Waals surface area contributed by atoms with Crippen LogP contribution in [0.1, 0.15) is 44.6 Å². The van der Waals surface area contributed by atoms with Crippen LogP contribution < -0.4 is 5.32 Å². The van der Waals surface area contributed by atoms with E-state index in [0.29, 0.717) is 24.3 Å². The van der Waals surface area contributed by atoms with Crippen molar-refractivity contribution in [2.75, 3.05) is 13.2 Å². The second kappa shape index (κ2) is 7.98. The Kier molecular flexibility index (Phi) is 6.27. The van der Waals surface area contributed by atoms with Gasteiger partial charge in [-0.15, -0.1) is 0 Å². The minimum atomic E-state index is 0.0926. The molecule has 2 N–H and O–H groups in total. The zero-order chi connectivity index (χ0) is 16.1. The highest BCUT2D eigenvalue weighted by Gasteiger charge is 2.43. The molecule has 1 aliphatic carbocycles. The van der Waals surface area contributed by atoms with Crippen LogP contribution in [0.5, 0.6) is 0 Å². The number of hydrogen-bond acceptors (Lipinski definition) is 2. The van der Waals surface area contributed by atoms with Crippen molar-refractivity contribution >= 4 is 17.5 Å². The van der Waals surface area contributed by atoms with E-state index in [0.717, 1.165) is 24.3 Å². The number of aliphatic hydroxyl groups is 1. The molecular formula is C18H26ClNO2. The Labute approximate surface area is 138 Å². The maximum Gasteiger partial charge on any atom is 0.223 e. The van der Waals surface area contributed by atoms with Crippen molar-refractivity contribution in [3.05, 3.63) is 34.9 Å². The summed E-state index contributed by atoms with van der Waals surface area (Å²) < 4.78 is 0. The first-order chi connectivity index (χ1) is 10.5. The van der Waals surface area contributed by atoms with E-state index in [1.165, 1.54) is 5.56 Å². The summed E-state index contributed by atoms with van der Waals surface area (Å²) in [6.45, 7) is 5.19. The fourth-order valence-corrected chi connectivity index (χ4v) is 3.22. The quantitative estimate of drug-likeness (QED) is 0.768. The van der Waals surface area contributed by atoms with Crippen molar-refractivity contribution in [3.8, 4) is 0 Å². The van der Waals surface area contributed by atoms with Crippen molar-refractivity contribution in [2.24, 2.45) is 17.8 Å². The van der Waals surface area contributed by atoms with Crippen LogP contribution in [-0.4, -0.2) is 24.2 Å². The van der Waals surface area contributed by atoms with Gasteiger partial charge in [0.2, 0.25) is 5.91 Å². The normalized spacial score (nSPS) is 21.7. The van der Waals surface area contributed by atoms with Gasteiger partial charge < -0.3 is 10.4 Å². The molecule has 4 heteroatoms. The number of carbonyl (C=O) groups is 1. The summed E-state index contributed by atoms with van der Waals surface area (Å²) >= 11 is 5.89. The number of amides is 1. The first-order valence-corrected chi connectivity index (χ1v) is 8.53. The van der Waals surface area contributed by atoms with Crippen LogP contribution in [-0.2, 0) is 4.79 Å². The van der Waals surface area contributed by atoms with Gasteiger partial charge in [0.1, 0.15) is 0 Å². The lowest BCUT2D eigenvalue weighted by Gasteiger charge is -2.18. The molecular weight excluding hydrogens is 298 g/mol. The van der Waals surface area contributed by atoms with E-state index in [2.05, 4.69) is 19.2 Å². The predicted octanol–water partition coefficient (Wildman–Crippen LogP) is 3.60. The summed E-state index contributed by atoms with van der Waals surface area (Å²) in [5.74, 6) is 1.51. The molecule has 1 aromatic rings. The Balaban J connectivity index is 1.79. The summed E-state index contributed by atoms with van der Waals surface area (Å²) in [6.07, 6.45) is 2.71.